The zero-order valence-corrected chi connectivity index (χ0v) is 32.0. The zero-order chi connectivity index (χ0) is 38.7. The summed E-state index contributed by atoms with van der Waals surface area (Å²) < 4.78 is 8.59. The highest BCUT2D eigenvalue weighted by Crippen LogP contribution is 2.41. The second kappa shape index (κ2) is 13.5. The van der Waals surface area contributed by atoms with E-state index in [-0.39, 0.29) is 0 Å². The SMILES string of the molecule is Cc1ccc(-c2ccc3c(c2)c2ccccc2n3-c2ccc(-c3ccc4oc5ccccc5c4c3)cc2-c2nc(-c3ccccc3)nc(-c3ccccc3)n2)c(C)c1. The van der Waals surface area contributed by atoms with Gasteiger partial charge in [0.2, 0.25) is 0 Å². The van der Waals surface area contributed by atoms with E-state index in [0.29, 0.717) is 17.5 Å². The molecule has 0 fully saturated rings. The van der Waals surface area contributed by atoms with Crippen molar-refractivity contribution in [3.05, 3.63) is 193 Å². The Morgan fingerprint density at radius 2 is 0.966 bits per heavy atom. The molecule has 5 nitrogen and oxygen atoms in total. The maximum Gasteiger partial charge on any atom is 0.166 e. The van der Waals surface area contributed by atoms with Crippen molar-refractivity contribution in [2.75, 3.05) is 0 Å². The molecule has 0 saturated carbocycles. The van der Waals surface area contributed by atoms with E-state index in [1.54, 1.807) is 0 Å². The minimum absolute atomic E-state index is 0.595. The summed E-state index contributed by atoms with van der Waals surface area (Å²) in [6.45, 7) is 4.34. The van der Waals surface area contributed by atoms with E-state index in [4.69, 9.17) is 19.4 Å². The Bertz CT molecular complexity index is 3300. The Labute approximate surface area is 335 Å². The molecule has 0 saturated heterocycles. The molecule has 0 aliphatic carbocycles. The minimum atomic E-state index is 0.595. The summed E-state index contributed by atoms with van der Waals surface area (Å²) in [7, 11) is 0. The van der Waals surface area contributed by atoms with Gasteiger partial charge in [0.05, 0.1) is 16.7 Å². The molecule has 0 unspecified atom stereocenters. The molecule has 0 N–H and O–H groups in total. The fourth-order valence-corrected chi connectivity index (χ4v) is 8.46. The number of aryl methyl sites for hydroxylation is 2. The number of furan rings is 1. The smallest absolute Gasteiger partial charge is 0.166 e. The second-order valence-electron chi connectivity index (χ2n) is 15.0. The van der Waals surface area contributed by atoms with Crippen molar-refractivity contribution >= 4 is 43.7 Å². The monoisotopic (exact) mass is 744 g/mol. The second-order valence-corrected chi connectivity index (χ2v) is 15.0. The molecule has 0 atom stereocenters. The topological polar surface area (TPSA) is 56.7 Å². The van der Waals surface area contributed by atoms with Crippen LogP contribution in [0.4, 0.5) is 0 Å². The van der Waals surface area contributed by atoms with Gasteiger partial charge in [-0.1, -0.05) is 139 Å². The molecule has 3 aromatic heterocycles. The fourth-order valence-electron chi connectivity index (χ4n) is 8.46. The number of aromatic nitrogens is 4. The van der Waals surface area contributed by atoms with E-state index < -0.39 is 0 Å². The number of nitrogens with zero attached hydrogens (tertiary/aromatic N) is 4. The highest BCUT2D eigenvalue weighted by molar-refractivity contribution is 6.11. The van der Waals surface area contributed by atoms with Crippen LogP contribution in [0.1, 0.15) is 11.1 Å². The van der Waals surface area contributed by atoms with E-state index in [0.717, 1.165) is 66.5 Å². The molecule has 0 spiro atoms. The maximum atomic E-state index is 6.21. The summed E-state index contributed by atoms with van der Waals surface area (Å²) in [5.74, 6) is 1.83. The van der Waals surface area contributed by atoms with Crippen LogP contribution in [0.15, 0.2) is 186 Å². The number of para-hydroxylation sites is 2. The minimum Gasteiger partial charge on any atom is -0.456 e. The molecular weight excluding hydrogens is 709 g/mol. The fraction of sp³-hybridized carbons (Fsp3) is 0.0377. The van der Waals surface area contributed by atoms with Gasteiger partial charge in [-0.25, -0.2) is 15.0 Å². The van der Waals surface area contributed by atoms with Crippen LogP contribution in [-0.2, 0) is 0 Å². The van der Waals surface area contributed by atoms with Crippen LogP contribution in [0.3, 0.4) is 0 Å². The lowest BCUT2D eigenvalue weighted by Crippen LogP contribution is -2.04. The van der Waals surface area contributed by atoms with Crippen molar-refractivity contribution in [1.29, 1.82) is 0 Å². The van der Waals surface area contributed by atoms with E-state index in [1.807, 2.05) is 48.5 Å². The molecule has 58 heavy (non-hydrogen) atoms. The number of hydrogen-bond donors (Lipinski definition) is 0. The summed E-state index contributed by atoms with van der Waals surface area (Å²) in [5.41, 5.74) is 14.8. The average molecular weight is 745 g/mol. The third-order valence-electron chi connectivity index (χ3n) is 11.3. The maximum absolute atomic E-state index is 6.21. The standard InChI is InChI=1S/C53H36N4O/c1-33-21-25-40(34(2)29-33)39-23-27-47-43(32-39)41-17-9-11-19-46(41)57(47)48-26-22-37(38-24-28-50-44(30-38)42-18-10-12-20-49(42)58-50)31-45(48)53-55-51(35-13-5-3-6-14-35)54-52(56-53)36-15-7-4-8-16-36/h3-32H,1-2H3. The van der Waals surface area contributed by atoms with E-state index in [2.05, 4.69) is 152 Å². The molecule has 11 rings (SSSR count). The highest BCUT2D eigenvalue weighted by atomic mass is 16.3. The van der Waals surface area contributed by atoms with E-state index >= 15 is 0 Å². The van der Waals surface area contributed by atoms with Gasteiger partial charge in [0.25, 0.3) is 0 Å². The molecule has 0 radical (unpaired) electrons. The average Bonchev–Trinajstić information content (AvgIpc) is 3.82. The Kier molecular flexibility index (Phi) is 7.86. The first-order valence-electron chi connectivity index (χ1n) is 19.6. The number of rotatable bonds is 6. The summed E-state index contributed by atoms with van der Waals surface area (Å²) in [5, 5.41) is 4.55. The molecule has 5 heteroatoms. The van der Waals surface area contributed by atoms with Gasteiger partial charge < -0.3 is 8.98 Å². The van der Waals surface area contributed by atoms with Gasteiger partial charge in [0.15, 0.2) is 17.5 Å². The van der Waals surface area contributed by atoms with Crippen LogP contribution in [0, 0.1) is 13.8 Å². The van der Waals surface area contributed by atoms with Gasteiger partial charge in [-0.2, -0.15) is 0 Å². The molecule has 0 aliphatic heterocycles. The molecule has 0 aliphatic rings. The lowest BCUT2D eigenvalue weighted by Gasteiger charge is -2.16. The molecular formula is C53H36N4O. The van der Waals surface area contributed by atoms with Gasteiger partial charge in [0.1, 0.15) is 11.2 Å². The van der Waals surface area contributed by atoms with Crippen molar-refractivity contribution in [2.45, 2.75) is 13.8 Å². The Morgan fingerprint density at radius 1 is 0.379 bits per heavy atom. The predicted molar refractivity (Wildman–Crippen MR) is 238 cm³/mol. The number of benzene rings is 8. The molecule has 8 aromatic carbocycles. The van der Waals surface area contributed by atoms with Crippen LogP contribution >= 0.6 is 0 Å². The molecule has 0 bridgehead atoms. The van der Waals surface area contributed by atoms with E-state index in [9.17, 15) is 0 Å². The first kappa shape index (κ1) is 33.7. The van der Waals surface area contributed by atoms with Gasteiger partial charge in [0, 0.05) is 38.2 Å². The lowest BCUT2D eigenvalue weighted by molar-refractivity contribution is 0.669. The highest BCUT2D eigenvalue weighted by Gasteiger charge is 2.21. The third kappa shape index (κ3) is 5.67. The first-order chi connectivity index (χ1) is 28.6. The molecule has 11 aromatic rings. The molecule has 274 valence electrons. The van der Waals surface area contributed by atoms with Gasteiger partial charge in [-0.05, 0) is 90.2 Å². The van der Waals surface area contributed by atoms with E-state index in [1.165, 1.54) is 33.0 Å². The first-order valence-corrected chi connectivity index (χ1v) is 19.6. The van der Waals surface area contributed by atoms with Crippen molar-refractivity contribution in [3.63, 3.8) is 0 Å². The van der Waals surface area contributed by atoms with Gasteiger partial charge in [-0.3, -0.25) is 0 Å². The molecule has 0 amide bonds. The van der Waals surface area contributed by atoms with Crippen LogP contribution < -0.4 is 0 Å². The van der Waals surface area contributed by atoms with Gasteiger partial charge >= 0.3 is 0 Å². The normalized spacial score (nSPS) is 11.6. The van der Waals surface area contributed by atoms with Crippen LogP contribution in [0.5, 0.6) is 0 Å². The van der Waals surface area contributed by atoms with Gasteiger partial charge in [-0.15, -0.1) is 0 Å². The van der Waals surface area contributed by atoms with Crippen molar-refractivity contribution in [3.8, 4) is 62.1 Å². The third-order valence-corrected chi connectivity index (χ3v) is 11.3. The summed E-state index contributed by atoms with van der Waals surface area (Å²) >= 11 is 0. The van der Waals surface area contributed by atoms with Crippen molar-refractivity contribution in [1.82, 2.24) is 19.5 Å². The Balaban J connectivity index is 1.19. The van der Waals surface area contributed by atoms with Crippen LogP contribution in [0.25, 0.3) is 106 Å². The summed E-state index contributed by atoms with van der Waals surface area (Å²) in [4.78, 5) is 15.6. The number of fused-ring (bicyclic) bond motifs is 6. The van der Waals surface area contributed by atoms with Crippen molar-refractivity contribution in [2.24, 2.45) is 0 Å². The number of hydrogen-bond acceptors (Lipinski definition) is 4. The zero-order valence-electron chi connectivity index (χ0n) is 32.0. The van der Waals surface area contributed by atoms with Crippen LogP contribution in [0.2, 0.25) is 0 Å². The quantitative estimate of drug-likeness (QED) is 0.170. The predicted octanol–water partition coefficient (Wildman–Crippen LogP) is 13.8. The largest absolute Gasteiger partial charge is 0.456 e. The lowest BCUT2D eigenvalue weighted by atomic mass is 9.97. The van der Waals surface area contributed by atoms with Crippen LogP contribution in [-0.4, -0.2) is 19.5 Å². The Morgan fingerprint density at radius 3 is 1.72 bits per heavy atom. The van der Waals surface area contributed by atoms with Crippen molar-refractivity contribution < 1.29 is 4.42 Å². The Hall–Kier alpha value is -7.63. The summed E-state index contributed by atoms with van der Waals surface area (Å²) in [6, 6.07) is 63.8. The molecule has 3 heterocycles. The summed E-state index contributed by atoms with van der Waals surface area (Å²) in [6.07, 6.45) is 0.